The molecule has 0 aromatic heterocycles. The summed E-state index contributed by atoms with van der Waals surface area (Å²) in [6.07, 6.45) is 6.19. The van der Waals surface area contributed by atoms with Gasteiger partial charge in [-0.1, -0.05) is 51.7 Å². The Morgan fingerprint density at radius 2 is 2.11 bits per heavy atom. The molecule has 2 unspecified atom stereocenters. The van der Waals surface area contributed by atoms with Crippen LogP contribution in [0.15, 0.2) is 22.7 Å². The van der Waals surface area contributed by atoms with E-state index >= 15 is 0 Å². The first-order chi connectivity index (χ1) is 9.15. The Kier molecular flexibility index (Phi) is 5.03. The molecule has 1 amide bonds. The van der Waals surface area contributed by atoms with E-state index in [1.165, 1.54) is 25.7 Å². The molecule has 0 bridgehead atoms. The number of fused-ring (bicyclic) bond motifs is 1. The number of nitrogens with one attached hydrogen (secondary N) is 1. The number of amides is 1. The highest BCUT2D eigenvalue weighted by molar-refractivity contribution is 9.10. The fourth-order valence-corrected chi connectivity index (χ4v) is 3.38. The first-order valence-electron chi connectivity index (χ1n) is 7.24. The van der Waals surface area contributed by atoms with E-state index in [4.69, 9.17) is 0 Å². The molecule has 1 heterocycles. The van der Waals surface area contributed by atoms with Gasteiger partial charge in [0.05, 0.1) is 11.6 Å². The van der Waals surface area contributed by atoms with Gasteiger partial charge < -0.3 is 5.32 Å². The minimum absolute atomic E-state index is 0.0223. The van der Waals surface area contributed by atoms with E-state index in [1.807, 2.05) is 12.1 Å². The molecule has 2 atom stereocenters. The van der Waals surface area contributed by atoms with Crippen molar-refractivity contribution in [2.75, 3.05) is 5.32 Å². The lowest BCUT2D eigenvalue weighted by atomic mass is 9.85. The highest BCUT2D eigenvalue weighted by Gasteiger charge is 2.35. The third-order valence-corrected chi connectivity index (χ3v) is 4.65. The van der Waals surface area contributed by atoms with Crippen LogP contribution in [0, 0.1) is 5.92 Å². The van der Waals surface area contributed by atoms with Crippen LogP contribution in [0.2, 0.25) is 0 Å². The molecular weight excluding hydrogens is 302 g/mol. The Labute approximate surface area is 124 Å². The summed E-state index contributed by atoms with van der Waals surface area (Å²) in [5.74, 6) is 0.589. The van der Waals surface area contributed by atoms with Gasteiger partial charge in [-0.15, -0.1) is 0 Å². The fraction of sp³-hybridized carbons (Fsp3) is 0.562. The summed E-state index contributed by atoms with van der Waals surface area (Å²) < 4.78 is 0.985. The van der Waals surface area contributed by atoms with Crippen molar-refractivity contribution >= 4 is 27.5 Å². The number of carbonyl (C=O) groups is 1. The smallest absolute Gasteiger partial charge is 0.232 e. The molecule has 1 aliphatic heterocycles. The number of hydrogen-bond donors (Lipinski definition) is 1. The number of rotatable bonds is 6. The Morgan fingerprint density at radius 3 is 2.84 bits per heavy atom. The van der Waals surface area contributed by atoms with E-state index in [-0.39, 0.29) is 11.8 Å². The zero-order valence-electron chi connectivity index (χ0n) is 11.7. The molecule has 1 aromatic carbocycles. The summed E-state index contributed by atoms with van der Waals surface area (Å²) >= 11 is 3.51. The highest BCUT2D eigenvalue weighted by atomic mass is 79.9. The number of unbranched alkanes of at least 4 members (excludes halogenated alkanes) is 3. The van der Waals surface area contributed by atoms with Crippen molar-refractivity contribution in [3.8, 4) is 0 Å². The quantitative estimate of drug-likeness (QED) is 0.726. The number of anilines is 1. The average molecular weight is 324 g/mol. The largest absolute Gasteiger partial charge is 0.324 e. The molecule has 2 rings (SSSR count). The lowest BCUT2D eigenvalue weighted by molar-refractivity contribution is -0.118. The second-order valence-electron chi connectivity index (χ2n) is 5.50. The highest BCUT2D eigenvalue weighted by Crippen LogP contribution is 2.42. The molecule has 0 fully saturated rings. The lowest BCUT2D eigenvalue weighted by Gasteiger charge is -2.17. The van der Waals surface area contributed by atoms with Crippen molar-refractivity contribution in [1.29, 1.82) is 0 Å². The molecule has 19 heavy (non-hydrogen) atoms. The van der Waals surface area contributed by atoms with E-state index in [2.05, 4.69) is 41.2 Å². The van der Waals surface area contributed by atoms with Crippen molar-refractivity contribution in [3.63, 3.8) is 0 Å². The second kappa shape index (κ2) is 6.56. The second-order valence-corrected chi connectivity index (χ2v) is 6.35. The third-order valence-electron chi connectivity index (χ3n) is 3.99. The minimum atomic E-state index is 0.0223. The first kappa shape index (κ1) is 14.6. The van der Waals surface area contributed by atoms with Gasteiger partial charge in [-0.25, -0.2) is 0 Å². The number of carbonyl (C=O) groups excluding carboxylic acids is 1. The molecule has 1 aliphatic rings. The number of halogens is 1. The molecule has 0 radical (unpaired) electrons. The van der Waals surface area contributed by atoms with Gasteiger partial charge in [-0.05, 0) is 39.9 Å². The van der Waals surface area contributed by atoms with Crippen molar-refractivity contribution in [3.05, 3.63) is 28.2 Å². The molecule has 2 nitrogen and oxygen atoms in total. The third kappa shape index (κ3) is 3.19. The van der Waals surface area contributed by atoms with E-state index in [9.17, 15) is 4.79 Å². The van der Waals surface area contributed by atoms with Gasteiger partial charge in [-0.3, -0.25) is 4.79 Å². The number of benzene rings is 1. The Morgan fingerprint density at radius 1 is 1.32 bits per heavy atom. The molecule has 0 aliphatic carbocycles. The summed E-state index contributed by atoms with van der Waals surface area (Å²) in [5, 5.41) is 3.01. The molecule has 0 saturated heterocycles. The van der Waals surface area contributed by atoms with Crippen LogP contribution in [0.5, 0.6) is 0 Å². The van der Waals surface area contributed by atoms with Gasteiger partial charge in [-0.2, -0.15) is 0 Å². The van der Waals surface area contributed by atoms with Crippen molar-refractivity contribution in [2.24, 2.45) is 5.92 Å². The van der Waals surface area contributed by atoms with Crippen LogP contribution in [0.4, 0.5) is 5.69 Å². The topological polar surface area (TPSA) is 29.1 Å². The monoisotopic (exact) mass is 323 g/mol. The molecule has 0 saturated carbocycles. The standard InChI is InChI=1S/C16H22BrNO/c1-3-4-5-6-8-11(2)14-12-9-7-10-13(17)15(12)18-16(14)19/h7,9-11,14H,3-6,8H2,1-2H3,(H,18,19). The first-order valence-corrected chi connectivity index (χ1v) is 8.03. The van der Waals surface area contributed by atoms with E-state index in [1.54, 1.807) is 0 Å². The van der Waals surface area contributed by atoms with Crippen LogP contribution in [0.3, 0.4) is 0 Å². The fourth-order valence-electron chi connectivity index (χ4n) is 2.90. The lowest BCUT2D eigenvalue weighted by Crippen LogP contribution is -2.18. The maximum absolute atomic E-state index is 12.2. The van der Waals surface area contributed by atoms with E-state index in [0.717, 1.165) is 22.1 Å². The average Bonchev–Trinajstić information content (AvgIpc) is 2.72. The normalized spacial score (nSPS) is 19.1. The van der Waals surface area contributed by atoms with Gasteiger partial charge in [0.2, 0.25) is 5.91 Å². The summed E-state index contributed by atoms with van der Waals surface area (Å²) in [5.41, 5.74) is 2.13. The Bertz CT molecular complexity index is 458. The van der Waals surface area contributed by atoms with Crippen molar-refractivity contribution in [2.45, 2.75) is 51.9 Å². The van der Waals surface area contributed by atoms with Crippen LogP contribution in [0.1, 0.15) is 57.4 Å². The molecule has 1 N–H and O–H groups in total. The van der Waals surface area contributed by atoms with Crippen LogP contribution in [0.25, 0.3) is 0 Å². The summed E-state index contributed by atoms with van der Waals surface area (Å²) in [7, 11) is 0. The van der Waals surface area contributed by atoms with Crippen molar-refractivity contribution in [1.82, 2.24) is 0 Å². The maximum atomic E-state index is 12.2. The van der Waals surface area contributed by atoms with Crippen LogP contribution >= 0.6 is 15.9 Å². The Hall–Kier alpha value is -0.830. The predicted molar refractivity (Wildman–Crippen MR) is 83.4 cm³/mol. The SMILES string of the molecule is CCCCCCC(C)C1C(=O)Nc2c(Br)cccc21. The van der Waals surface area contributed by atoms with Crippen LogP contribution in [-0.4, -0.2) is 5.91 Å². The van der Waals surface area contributed by atoms with Gasteiger partial charge in [0.15, 0.2) is 0 Å². The summed E-state index contributed by atoms with van der Waals surface area (Å²) in [4.78, 5) is 12.2. The number of para-hydroxylation sites is 1. The van der Waals surface area contributed by atoms with Gasteiger partial charge in [0.25, 0.3) is 0 Å². The Balaban J connectivity index is 2.05. The minimum Gasteiger partial charge on any atom is -0.324 e. The van der Waals surface area contributed by atoms with E-state index in [0.29, 0.717) is 5.92 Å². The zero-order chi connectivity index (χ0) is 13.8. The van der Waals surface area contributed by atoms with Crippen LogP contribution < -0.4 is 5.32 Å². The summed E-state index contributed by atoms with van der Waals surface area (Å²) in [6.45, 7) is 4.42. The molecule has 104 valence electrons. The predicted octanol–water partition coefficient (Wildman–Crippen LogP) is 5.09. The van der Waals surface area contributed by atoms with Crippen LogP contribution in [-0.2, 0) is 4.79 Å². The van der Waals surface area contributed by atoms with Gasteiger partial charge >= 0.3 is 0 Å². The van der Waals surface area contributed by atoms with E-state index < -0.39 is 0 Å². The van der Waals surface area contributed by atoms with Crippen molar-refractivity contribution < 1.29 is 4.79 Å². The molecular formula is C16H22BrNO. The molecule has 3 heteroatoms. The van der Waals surface area contributed by atoms with Gasteiger partial charge in [0.1, 0.15) is 0 Å². The zero-order valence-corrected chi connectivity index (χ0v) is 13.3. The maximum Gasteiger partial charge on any atom is 0.232 e. The summed E-state index contributed by atoms with van der Waals surface area (Å²) in [6, 6.07) is 6.07. The number of hydrogen-bond acceptors (Lipinski definition) is 1. The molecule has 1 aromatic rings. The van der Waals surface area contributed by atoms with Gasteiger partial charge in [0, 0.05) is 4.47 Å². The molecule has 0 spiro atoms.